The SMILES string of the molecule is NCC(Nc1ccc(Cl)cc1I)C(=O)O. The number of rotatable bonds is 4. The van der Waals surface area contributed by atoms with E-state index in [9.17, 15) is 4.79 Å². The monoisotopic (exact) mass is 340 g/mol. The van der Waals surface area contributed by atoms with Gasteiger partial charge in [-0.3, -0.25) is 0 Å². The van der Waals surface area contributed by atoms with Crippen molar-refractivity contribution in [2.24, 2.45) is 5.73 Å². The third-order valence-electron chi connectivity index (χ3n) is 1.79. The lowest BCUT2D eigenvalue weighted by Crippen LogP contribution is -2.36. The molecule has 82 valence electrons. The summed E-state index contributed by atoms with van der Waals surface area (Å²) < 4.78 is 0.861. The molecule has 0 saturated heterocycles. The summed E-state index contributed by atoms with van der Waals surface area (Å²) in [5.41, 5.74) is 6.05. The zero-order valence-corrected chi connectivity index (χ0v) is 10.6. The van der Waals surface area contributed by atoms with E-state index in [0.717, 1.165) is 9.26 Å². The van der Waals surface area contributed by atoms with Crippen LogP contribution < -0.4 is 11.1 Å². The normalized spacial score (nSPS) is 12.2. The molecule has 1 atom stereocenters. The van der Waals surface area contributed by atoms with E-state index in [0.29, 0.717) is 5.02 Å². The zero-order chi connectivity index (χ0) is 11.4. The zero-order valence-electron chi connectivity index (χ0n) is 7.71. The standard InChI is InChI=1S/C9H10ClIN2O2/c10-5-1-2-7(6(11)3-5)13-8(4-12)9(14)15/h1-3,8,13H,4,12H2,(H,14,15). The van der Waals surface area contributed by atoms with E-state index in [1.807, 2.05) is 0 Å². The smallest absolute Gasteiger partial charge is 0.327 e. The third-order valence-corrected chi connectivity index (χ3v) is 2.92. The number of carboxylic acids is 1. The van der Waals surface area contributed by atoms with E-state index >= 15 is 0 Å². The number of halogens is 2. The van der Waals surface area contributed by atoms with Gasteiger partial charge in [0, 0.05) is 20.8 Å². The summed E-state index contributed by atoms with van der Waals surface area (Å²) in [4.78, 5) is 10.7. The Kier molecular flexibility index (Phi) is 4.62. The number of benzene rings is 1. The summed E-state index contributed by atoms with van der Waals surface area (Å²) in [6.45, 7) is 0.0358. The maximum atomic E-state index is 10.7. The van der Waals surface area contributed by atoms with E-state index in [4.69, 9.17) is 22.4 Å². The average Bonchev–Trinajstić information content (AvgIpc) is 2.16. The molecule has 0 fully saturated rings. The van der Waals surface area contributed by atoms with E-state index in [1.165, 1.54) is 0 Å². The van der Waals surface area contributed by atoms with Crippen molar-refractivity contribution in [3.63, 3.8) is 0 Å². The van der Waals surface area contributed by atoms with Crippen molar-refractivity contribution < 1.29 is 9.90 Å². The van der Waals surface area contributed by atoms with Gasteiger partial charge in [0.2, 0.25) is 0 Å². The van der Waals surface area contributed by atoms with E-state index < -0.39 is 12.0 Å². The largest absolute Gasteiger partial charge is 0.480 e. The highest BCUT2D eigenvalue weighted by atomic mass is 127. The predicted molar refractivity (Wildman–Crippen MR) is 68.3 cm³/mol. The number of carbonyl (C=O) groups is 1. The van der Waals surface area contributed by atoms with Gasteiger partial charge in [-0.2, -0.15) is 0 Å². The van der Waals surface area contributed by atoms with Crippen molar-refractivity contribution in [2.45, 2.75) is 6.04 Å². The fourth-order valence-electron chi connectivity index (χ4n) is 1.02. The van der Waals surface area contributed by atoms with Gasteiger partial charge >= 0.3 is 5.97 Å². The molecule has 0 aromatic heterocycles. The molecule has 0 spiro atoms. The van der Waals surface area contributed by atoms with Crippen LogP contribution in [0.15, 0.2) is 18.2 Å². The summed E-state index contributed by atoms with van der Waals surface area (Å²) in [5.74, 6) is -0.969. The predicted octanol–water partition coefficient (Wildman–Crippen LogP) is 1.77. The minimum atomic E-state index is -0.969. The van der Waals surface area contributed by atoms with Gasteiger partial charge < -0.3 is 16.2 Å². The van der Waals surface area contributed by atoms with Crippen molar-refractivity contribution in [1.82, 2.24) is 0 Å². The molecule has 4 nitrogen and oxygen atoms in total. The van der Waals surface area contributed by atoms with Gasteiger partial charge in [0.15, 0.2) is 0 Å². The van der Waals surface area contributed by atoms with Crippen LogP contribution in [0.4, 0.5) is 5.69 Å². The Hall–Kier alpha value is -0.530. The van der Waals surface area contributed by atoms with Crippen molar-refractivity contribution >= 4 is 45.8 Å². The topological polar surface area (TPSA) is 75.3 Å². The number of hydrogen-bond acceptors (Lipinski definition) is 3. The summed E-state index contributed by atoms with van der Waals surface area (Å²) in [7, 11) is 0. The van der Waals surface area contributed by atoms with Gasteiger partial charge in [-0.25, -0.2) is 4.79 Å². The number of nitrogens with two attached hydrogens (primary N) is 1. The Morgan fingerprint density at radius 1 is 1.67 bits per heavy atom. The minimum Gasteiger partial charge on any atom is -0.480 e. The second-order valence-corrected chi connectivity index (χ2v) is 4.49. The van der Waals surface area contributed by atoms with Gasteiger partial charge in [0.1, 0.15) is 6.04 Å². The highest BCUT2D eigenvalue weighted by Gasteiger charge is 2.15. The highest BCUT2D eigenvalue weighted by molar-refractivity contribution is 14.1. The van der Waals surface area contributed by atoms with Crippen LogP contribution in [0.5, 0.6) is 0 Å². The Morgan fingerprint density at radius 3 is 2.80 bits per heavy atom. The molecule has 0 amide bonds. The first kappa shape index (κ1) is 12.5. The molecular weight excluding hydrogens is 330 g/mol. The third kappa shape index (κ3) is 3.51. The van der Waals surface area contributed by atoms with Crippen molar-refractivity contribution in [3.05, 3.63) is 26.8 Å². The van der Waals surface area contributed by atoms with Crippen molar-refractivity contribution in [2.75, 3.05) is 11.9 Å². The second-order valence-electron chi connectivity index (χ2n) is 2.90. The Morgan fingerprint density at radius 2 is 2.33 bits per heavy atom. The first-order valence-corrected chi connectivity index (χ1v) is 5.64. The molecule has 6 heteroatoms. The molecule has 0 heterocycles. The summed E-state index contributed by atoms with van der Waals surface area (Å²) >= 11 is 7.85. The molecule has 0 saturated carbocycles. The van der Waals surface area contributed by atoms with Crippen LogP contribution in [-0.2, 0) is 4.79 Å². The first-order valence-electron chi connectivity index (χ1n) is 4.19. The average molecular weight is 341 g/mol. The Labute approximate surface area is 106 Å². The number of aliphatic carboxylic acids is 1. The van der Waals surface area contributed by atoms with Crippen LogP contribution in [0.3, 0.4) is 0 Å². The second kappa shape index (κ2) is 5.53. The number of nitrogens with one attached hydrogen (secondary N) is 1. The fourth-order valence-corrected chi connectivity index (χ4v) is 2.04. The summed E-state index contributed by atoms with van der Waals surface area (Å²) in [6, 6.07) is 4.40. The number of anilines is 1. The molecule has 0 aliphatic rings. The van der Waals surface area contributed by atoms with Crippen LogP contribution in [-0.4, -0.2) is 23.7 Å². The van der Waals surface area contributed by atoms with Crippen LogP contribution >= 0.6 is 34.2 Å². The number of hydrogen-bond donors (Lipinski definition) is 3. The van der Waals surface area contributed by atoms with E-state index in [1.54, 1.807) is 18.2 Å². The summed E-state index contributed by atoms with van der Waals surface area (Å²) in [6.07, 6.45) is 0. The highest BCUT2D eigenvalue weighted by Crippen LogP contribution is 2.22. The molecule has 0 radical (unpaired) electrons. The molecule has 0 bridgehead atoms. The van der Waals surface area contributed by atoms with Gasteiger partial charge in [-0.05, 0) is 40.8 Å². The molecule has 4 N–H and O–H groups in total. The molecule has 0 aliphatic heterocycles. The lowest BCUT2D eigenvalue weighted by molar-refractivity contribution is -0.137. The quantitative estimate of drug-likeness (QED) is 0.730. The molecule has 1 rings (SSSR count). The molecule has 0 aliphatic carbocycles. The Bertz CT molecular complexity index is 373. The van der Waals surface area contributed by atoms with Crippen LogP contribution in [0.2, 0.25) is 5.02 Å². The van der Waals surface area contributed by atoms with E-state index in [2.05, 4.69) is 27.9 Å². The number of carboxylic acid groups (broad SMARTS) is 1. The molecule has 15 heavy (non-hydrogen) atoms. The molecule has 1 aromatic carbocycles. The van der Waals surface area contributed by atoms with Gasteiger partial charge in [0.05, 0.1) is 0 Å². The minimum absolute atomic E-state index is 0.0358. The van der Waals surface area contributed by atoms with Gasteiger partial charge in [0.25, 0.3) is 0 Å². The maximum Gasteiger partial charge on any atom is 0.327 e. The van der Waals surface area contributed by atoms with Gasteiger partial charge in [-0.1, -0.05) is 11.6 Å². The van der Waals surface area contributed by atoms with Crippen LogP contribution in [0.1, 0.15) is 0 Å². The molecule has 1 aromatic rings. The lowest BCUT2D eigenvalue weighted by Gasteiger charge is -2.14. The van der Waals surface area contributed by atoms with Crippen molar-refractivity contribution in [3.8, 4) is 0 Å². The Balaban J connectivity index is 2.84. The fraction of sp³-hybridized carbons (Fsp3) is 0.222. The summed E-state index contributed by atoms with van der Waals surface area (Å²) in [5, 5.41) is 12.3. The van der Waals surface area contributed by atoms with E-state index in [-0.39, 0.29) is 6.54 Å². The van der Waals surface area contributed by atoms with Crippen LogP contribution in [0, 0.1) is 3.57 Å². The molecule has 1 unspecified atom stereocenters. The lowest BCUT2D eigenvalue weighted by atomic mass is 10.2. The first-order chi connectivity index (χ1) is 7.04. The maximum absolute atomic E-state index is 10.7. The van der Waals surface area contributed by atoms with Gasteiger partial charge in [-0.15, -0.1) is 0 Å². The molecular formula is C9H10ClIN2O2. The van der Waals surface area contributed by atoms with Crippen LogP contribution in [0.25, 0.3) is 0 Å². The van der Waals surface area contributed by atoms with Crippen molar-refractivity contribution in [1.29, 1.82) is 0 Å².